The summed E-state index contributed by atoms with van der Waals surface area (Å²) in [6.45, 7) is 2.89. The third kappa shape index (κ3) is 5.10. The van der Waals surface area contributed by atoms with E-state index in [-0.39, 0.29) is 5.91 Å². The minimum atomic E-state index is -0.172. The number of hydrogen-bond donors (Lipinski definition) is 4. The topological polar surface area (TPSA) is 91.0 Å². The first-order chi connectivity index (χ1) is 14.0. The van der Waals surface area contributed by atoms with E-state index >= 15 is 0 Å². The molecule has 4 N–H and O–H groups in total. The van der Waals surface area contributed by atoms with Crippen molar-refractivity contribution in [2.45, 2.75) is 13.5 Å². The number of carbonyl (C=O) groups is 1. The summed E-state index contributed by atoms with van der Waals surface area (Å²) in [5.74, 6) is 0.838. The van der Waals surface area contributed by atoms with E-state index in [1.54, 1.807) is 19.3 Å². The Balaban J connectivity index is 1.84. The van der Waals surface area contributed by atoms with Crippen LogP contribution in [-0.2, 0) is 6.54 Å². The molecule has 150 valence electrons. The van der Waals surface area contributed by atoms with Crippen LogP contribution in [0.3, 0.4) is 0 Å². The van der Waals surface area contributed by atoms with Gasteiger partial charge in [-0.15, -0.1) is 0 Å². The van der Waals surface area contributed by atoms with Crippen LogP contribution in [-0.4, -0.2) is 30.0 Å². The predicted molar refractivity (Wildman–Crippen MR) is 120 cm³/mol. The Morgan fingerprint density at radius 1 is 1.10 bits per heavy atom. The van der Waals surface area contributed by atoms with E-state index in [2.05, 4.69) is 66.2 Å². The molecule has 0 fully saturated rings. The molecule has 0 bridgehead atoms. The maximum Gasteiger partial charge on any atom is 0.253 e. The van der Waals surface area contributed by atoms with Crippen LogP contribution in [0, 0.1) is 6.92 Å². The van der Waals surface area contributed by atoms with Crippen LogP contribution >= 0.6 is 15.9 Å². The van der Waals surface area contributed by atoms with Gasteiger partial charge in [-0.25, -0.2) is 4.98 Å². The molecule has 29 heavy (non-hydrogen) atoms. The quantitative estimate of drug-likeness (QED) is 0.429. The molecule has 0 saturated carbocycles. The zero-order valence-corrected chi connectivity index (χ0v) is 18.1. The summed E-state index contributed by atoms with van der Waals surface area (Å²) in [4.78, 5) is 21.0. The summed E-state index contributed by atoms with van der Waals surface area (Å²) in [7, 11) is 3.53. The Bertz CT molecular complexity index is 1020. The zero-order chi connectivity index (χ0) is 20.8. The van der Waals surface area contributed by atoms with Gasteiger partial charge in [0.1, 0.15) is 5.82 Å². The number of amides is 1. The summed E-state index contributed by atoms with van der Waals surface area (Å²) < 4.78 is 0.690. The van der Waals surface area contributed by atoms with Crippen molar-refractivity contribution in [3.8, 4) is 0 Å². The highest BCUT2D eigenvalue weighted by molar-refractivity contribution is 9.10. The first-order valence-corrected chi connectivity index (χ1v) is 9.93. The Labute approximate surface area is 178 Å². The Morgan fingerprint density at radius 2 is 1.90 bits per heavy atom. The molecule has 7 nitrogen and oxygen atoms in total. The first-order valence-electron chi connectivity index (χ1n) is 9.13. The summed E-state index contributed by atoms with van der Waals surface area (Å²) >= 11 is 3.47. The zero-order valence-electron chi connectivity index (χ0n) is 16.5. The van der Waals surface area contributed by atoms with Crippen molar-refractivity contribution in [3.63, 3.8) is 0 Å². The largest absolute Gasteiger partial charge is 0.355 e. The van der Waals surface area contributed by atoms with E-state index in [1.807, 2.05) is 31.3 Å². The van der Waals surface area contributed by atoms with Crippen molar-refractivity contribution >= 4 is 45.0 Å². The van der Waals surface area contributed by atoms with Gasteiger partial charge in [0.15, 0.2) is 0 Å². The first kappa shape index (κ1) is 20.8. The molecule has 0 atom stereocenters. The molecule has 8 heteroatoms. The van der Waals surface area contributed by atoms with Crippen LogP contribution in [0.2, 0.25) is 0 Å². The third-order valence-electron chi connectivity index (χ3n) is 4.36. The van der Waals surface area contributed by atoms with E-state index in [0.717, 1.165) is 12.2 Å². The molecule has 0 aliphatic heterocycles. The van der Waals surface area contributed by atoms with Gasteiger partial charge in [0.05, 0.1) is 15.7 Å². The molecule has 1 aromatic heterocycles. The van der Waals surface area contributed by atoms with Crippen LogP contribution in [0.5, 0.6) is 0 Å². The molecule has 0 aliphatic rings. The molecule has 0 aliphatic carbocycles. The number of benzene rings is 2. The van der Waals surface area contributed by atoms with Gasteiger partial charge in [0.25, 0.3) is 5.91 Å². The van der Waals surface area contributed by atoms with Gasteiger partial charge in [-0.3, -0.25) is 4.79 Å². The Morgan fingerprint density at radius 3 is 2.62 bits per heavy atom. The van der Waals surface area contributed by atoms with E-state index in [1.165, 1.54) is 11.1 Å². The van der Waals surface area contributed by atoms with E-state index in [0.29, 0.717) is 27.5 Å². The number of anilines is 4. The van der Waals surface area contributed by atoms with Crippen LogP contribution in [0.1, 0.15) is 21.5 Å². The minimum Gasteiger partial charge on any atom is -0.355 e. The number of halogens is 1. The fourth-order valence-corrected chi connectivity index (χ4v) is 3.15. The summed E-state index contributed by atoms with van der Waals surface area (Å²) in [5, 5.41) is 12.3. The molecule has 1 amide bonds. The third-order valence-corrected chi connectivity index (χ3v) is 4.94. The fraction of sp³-hybridized carbons (Fsp3) is 0.190. The highest BCUT2D eigenvalue weighted by Gasteiger charge is 2.12. The molecule has 0 saturated heterocycles. The summed E-state index contributed by atoms with van der Waals surface area (Å²) in [6, 6.07) is 13.4. The number of para-hydroxylation sites is 1. The second-order valence-corrected chi connectivity index (χ2v) is 7.29. The number of nitrogens with one attached hydrogen (secondary N) is 4. The number of nitrogens with zero attached hydrogens (tertiary/aromatic N) is 2. The number of aryl methyl sites for hydroxylation is 1. The fourth-order valence-electron chi connectivity index (χ4n) is 2.86. The monoisotopic (exact) mass is 454 g/mol. The Hall–Kier alpha value is -2.97. The lowest BCUT2D eigenvalue weighted by Crippen LogP contribution is -2.19. The second-order valence-electron chi connectivity index (χ2n) is 6.44. The van der Waals surface area contributed by atoms with Crippen molar-refractivity contribution in [3.05, 3.63) is 69.8 Å². The molecule has 0 radical (unpaired) electrons. The van der Waals surface area contributed by atoms with Gasteiger partial charge >= 0.3 is 0 Å². The van der Waals surface area contributed by atoms with Gasteiger partial charge < -0.3 is 21.3 Å². The highest BCUT2D eigenvalue weighted by Crippen LogP contribution is 2.27. The predicted octanol–water partition coefficient (Wildman–Crippen LogP) is 4.11. The van der Waals surface area contributed by atoms with Crippen molar-refractivity contribution in [2.75, 3.05) is 24.7 Å². The standard InChI is InChI=1S/C21H23BrN6O/c1-13-10-15(9-8-14(13)11-23-2)26-21-25-12-17(22)19(28-21)27-18-7-5-4-6-16(18)20(29)24-3/h4-10,12,23H,11H2,1-3H3,(H,24,29)(H2,25,26,27,28). The highest BCUT2D eigenvalue weighted by atomic mass is 79.9. The maximum absolute atomic E-state index is 12.1. The van der Waals surface area contributed by atoms with Gasteiger partial charge in [0.2, 0.25) is 5.95 Å². The van der Waals surface area contributed by atoms with E-state index < -0.39 is 0 Å². The van der Waals surface area contributed by atoms with Crippen LogP contribution < -0.4 is 21.3 Å². The lowest BCUT2D eigenvalue weighted by Gasteiger charge is -2.13. The molecule has 3 aromatic rings. The second kappa shape index (κ2) is 9.49. The van der Waals surface area contributed by atoms with Gasteiger partial charge in [-0.05, 0) is 65.3 Å². The molecule has 3 rings (SSSR count). The van der Waals surface area contributed by atoms with Crippen LogP contribution in [0.15, 0.2) is 53.1 Å². The van der Waals surface area contributed by atoms with Crippen LogP contribution in [0.4, 0.5) is 23.1 Å². The molecule has 0 unspecified atom stereocenters. The normalized spacial score (nSPS) is 10.5. The average molecular weight is 455 g/mol. The SMILES string of the molecule is CNCc1ccc(Nc2ncc(Br)c(Nc3ccccc3C(=O)NC)n2)cc1C. The average Bonchev–Trinajstić information content (AvgIpc) is 2.72. The molecule has 0 spiro atoms. The van der Waals surface area contributed by atoms with Crippen molar-refractivity contribution < 1.29 is 4.79 Å². The number of carbonyl (C=O) groups excluding carboxylic acids is 1. The lowest BCUT2D eigenvalue weighted by atomic mass is 10.1. The maximum atomic E-state index is 12.1. The molecular weight excluding hydrogens is 432 g/mol. The number of aromatic nitrogens is 2. The van der Waals surface area contributed by atoms with Gasteiger partial charge in [-0.1, -0.05) is 18.2 Å². The van der Waals surface area contributed by atoms with Gasteiger partial charge in [-0.2, -0.15) is 4.98 Å². The van der Waals surface area contributed by atoms with Crippen LogP contribution in [0.25, 0.3) is 0 Å². The number of rotatable bonds is 7. The summed E-state index contributed by atoms with van der Waals surface area (Å²) in [6.07, 6.45) is 1.67. The molecular formula is C21H23BrN6O. The Kier molecular flexibility index (Phi) is 6.79. The summed E-state index contributed by atoms with van der Waals surface area (Å²) in [5.41, 5.74) is 4.51. The lowest BCUT2D eigenvalue weighted by molar-refractivity contribution is 0.0964. The smallest absolute Gasteiger partial charge is 0.253 e. The minimum absolute atomic E-state index is 0.172. The van der Waals surface area contributed by atoms with E-state index in [4.69, 9.17) is 0 Å². The van der Waals surface area contributed by atoms with Gasteiger partial charge in [0, 0.05) is 25.5 Å². The molecule has 1 heterocycles. The van der Waals surface area contributed by atoms with E-state index in [9.17, 15) is 4.79 Å². The number of hydrogen-bond acceptors (Lipinski definition) is 6. The van der Waals surface area contributed by atoms with Crippen molar-refractivity contribution in [1.29, 1.82) is 0 Å². The van der Waals surface area contributed by atoms with Crippen molar-refractivity contribution in [1.82, 2.24) is 20.6 Å². The molecule has 2 aromatic carbocycles. The van der Waals surface area contributed by atoms with Crippen molar-refractivity contribution in [2.24, 2.45) is 0 Å².